The maximum absolute atomic E-state index is 12.9. The fourth-order valence-corrected chi connectivity index (χ4v) is 3.60. The number of ether oxygens (including phenoxy) is 1. The molecule has 0 aromatic heterocycles. The van der Waals surface area contributed by atoms with Gasteiger partial charge in [0.05, 0.1) is 0 Å². The van der Waals surface area contributed by atoms with Gasteiger partial charge in [0.15, 0.2) is 6.61 Å². The van der Waals surface area contributed by atoms with Crippen LogP contribution in [0.5, 0.6) is 0 Å². The first-order valence-electron chi connectivity index (χ1n) is 10.1. The number of carbonyl (C=O) groups is 3. The lowest BCUT2D eigenvalue weighted by atomic mass is 9.93. The third-order valence-electron chi connectivity index (χ3n) is 5.10. The second kappa shape index (κ2) is 10.5. The molecule has 1 aliphatic carbocycles. The van der Waals surface area contributed by atoms with Gasteiger partial charge in [0, 0.05) is 17.3 Å². The molecule has 7 heteroatoms. The van der Waals surface area contributed by atoms with E-state index in [1.165, 1.54) is 12.1 Å². The van der Waals surface area contributed by atoms with Crippen molar-refractivity contribution in [3.63, 3.8) is 0 Å². The average Bonchev–Trinajstić information content (AvgIpc) is 2.78. The van der Waals surface area contributed by atoms with E-state index in [1.807, 2.05) is 30.3 Å². The Morgan fingerprint density at radius 1 is 0.967 bits per heavy atom. The molecule has 0 aliphatic heterocycles. The standard InChI is InChI=1S/C23H25FN2O4/c24-18-13-11-17(12-14-18)23(29)25-15-22(28)30-16-21(27)26(19-7-3-1-4-8-19)20-9-5-2-6-10-20/h1,3-4,7-8,11-14,20H,2,5-6,9-10,15-16H2,(H,25,29). The van der Waals surface area contributed by atoms with Crippen molar-refractivity contribution in [1.82, 2.24) is 5.32 Å². The minimum Gasteiger partial charge on any atom is -0.454 e. The summed E-state index contributed by atoms with van der Waals surface area (Å²) in [4.78, 5) is 38.6. The van der Waals surface area contributed by atoms with E-state index >= 15 is 0 Å². The van der Waals surface area contributed by atoms with Gasteiger partial charge in [-0.1, -0.05) is 37.5 Å². The summed E-state index contributed by atoms with van der Waals surface area (Å²) in [5.74, 6) is -1.97. The van der Waals surface area contributed by atoms with Crippen molar-refractivity contribution in [2.45, 2.75) is 38.1 Å². The molecule has 2 amide bonds. The highest BCUT2D eigenvalue weighted by Gasteiger charge is 2.27. The molecule has 1 saturated carbocycles. The molecule has 6 nitrogen and oxygen atoms in total. The zero-order chi connectivity index (χ0) is 21.3. The molecule has 0 radical (unpaired) electrons. The van der Waals surface area contributed by atoms with Crippen molar-refractivity contribution < 1.29 is 23.5 Å². The summed E-state index contributed by atoms with van der Waals surface area (Å²) in [5.41, 5.74) is 1.02. The number of rotatable bonds is 7. The minimum atomic E-state index is -0.713. The van der Waals surface area contributed by atoms with E-state index in [4.69, 9.17) is 4.74 Å². The number of benzene rings is 2. The van der Waals surface area contributed by atoms with Gasteiger partial charge in [-0.2, -0.15) is 0 Å². The number of hydrogen-bond donors (Lipinski definition) is 1. The Morgan fingerprint density at radius 2 is 1.63 bits per heavy atom. The van der Waals surface area contributed by atoms with Crippen LogP contribution < -0.4 is 10.2 Å². The highest BCUT2D eigenvalue weighted by atomic mass is 19.1. The Balaban J connectivity index is 1.53. The van der Waals surface area contributed by atoms with Gasteiger partial charge in [-0.15, -0.1) is 0 Å². The molecule has 1 fully saturated rings. The number of carbonyl (C=O) groups excluding carboxylic acids is 3. The van der Waals surface area contributed by atoms with E-state index in [0.29, 0.717) is 0 Å². The van der Waals surface area contributed by atoms with Crippen LogP contribution >= 0.6 is 0 Å². The van der Waals surface area contributed by atoms with Crippen LogP contribution in [0.15, 0.2) is 54.6 Å². The van der Waals surface area contributed by atoms with Gasteiger partial charge in [-0.25, -0.2) is 4.39 Å². The summed E-state index contributed by atoms with van der Waals surface area (Å²) >= 11 is 0. The number of esters is 1. The van der Waals surface area contributed by atoms with Crippen molar-refractivity contribution in [3.05, 3.63) is 66.0 Å². The van der Waals surface area contributed by atoms with Gasteiger partial charge < -0.3 is 15.0 Å². The molecule has 0 spiro atoms. The van der Waals surface area contributed by atoms with Crippen LogP contribution in [-0.2, 0) is 14.3 Å². The molecule has 1 aliphatic rings. The largest absolute Gasteiger partial charge is 0.454 e. The molecular weight excluding hydrogens is 387 g/mol. The number of halogens is 1. The summed E-state index contributed by atoms with van der Waals surface area (Å²) in [6, 6.07) is 14.4. The Kier molecular flexibility index (Phi) is 7.54. The number of hydrogen-bond acceptors (Lipinski definition) is 4. The Hall–Kier alpha value is -3.22. The molecule has 1 N–H and O–H groups in total. The normalized spacial score (nSPS) is 14.0. The second-order valence-corrected chi connectivity index (χ2v) is 7.24. The lowest BCUT2D eigenvalue weighted by Gasteiger charge is -2.34. The van der Waals surface area contributed by atoms with Gasteiger partial charge in [0.25, 0.3) is 11.8 Å². The lowest BCUT2D eigenvalue weighted by Crippen LogP contribution is -2.44. The predicted molar refractivity (Wildman–Crippen MR) is 110 cm³/mol. The first-order chi connectivity index (χ1) is 14.5. The Bertz CT molecular complexity index is 865. The summed E-state index contributed by atoms with van der Waals surface area (Å²) in [7, 11) is 0. The first kappa shape index (κ1) is 21.5. The fourth-order valence-electron chi connectivity index (χ4n) is 3.60. The molecule has 30 heavy (non-hydrogen) atoms. The molecule has 2 aromatic rings. The lowest BCUT2D eigenvalue weighted by molar-refractivity contribution is -0.146. The molecule has 3 rings (SSSR count). The van der Waals surface area contributed by atoms with Crippen LogP contribution in [0.4, 0.5) is 10.1 Å². The monoisotopic (exact) mass is 412 g/mol. The number of amides is 2. The zero-order valence-electron chi connectivity index (χ0n) is 16.7. The van der Waals surface area contributed by atoms with Crippen molar-refractivity contribution in [1.29, 1.82) is 0 Å². The summed E-state index contributed by atoms with van der Waals surface area (Å²) in [6.07, 6.45) is 5.13. The quantitative estimate of drug-likeness (QED) is 0.707. The van der Waals surface area contributed by atoms with E-state index in [9.17, 15) is 18.8 Å². The minimum absolute atomic E-state index is 0.0885. The van der Waals surface area contributed by atoms with Crippen molar-refractivity contribution >= 4 is 23.5 Å². The van der Waals surface area contributed by atoms with Crippen molar-refractivity contribution in [3.8, 4) is 0 Å². The molecule has 0 bridgehead atoms. The summed E-state index contributed by atoms with van der Waals surface area (Å²) < 4.78 is 18.0. The van der Waals surface area contributed by atoms with Gasteiger partial charge in [0.2, 0.25) is 0 Å². The maximum Gasteiger partial charge on any atom is 0.325 e. The first-order valence-corrected chi connectivity index (χ1v) is 10.1. The number of nitrogens with one attached hydrogen (secondary N) is 1. The van der Waals surface area contributed by atoms with Gasteiger partial charge >= 0.3 is 5.97 Å². The maximum atomic E-state index is 12.9. The van der Waals surface area contributed by atoms with Gasteiger partial charge in [-0.3, -0.25) is 14.4 Å². The van der Waals surface area contributed by atoms with E-state index in [0.717, 1.165) is 49.9 Å². The topological polar surface area (TPSA) is 75.7 Å². The molecule has 0 atom stereocenters. The summed E-state index contributed by atoms with van der Waals surface area (Å²) in [6.45, 7) is -0.769. The molecular formula is C23H25FN2O4. The van der Waals surface area contributed by atoms with Gasteiger partial charge in [0.1, 0.15) is 12.4 Å². The average molecular weight is 412 g/mol. The molecule has 0 saturated heterocycles. The number of para-hydroxylation sites is 1. The summed E-state index contributed by atoms with van der Waals surface area (Å²) in [5, 5.41) is 2.41. The van der Waals surface area contributed by atoms with Crippen LogP contribution in [-0.4, -0.2) is 37.0 Å². The van der Waals surface area contributed by atoms with Gasteiger partial charge in [-0.05, 0) is 49.2 Å². The molecule has 0 unspecified atom stereocenters. The zero-order valence-corrected chi connectivity index (χ0v) is 16.7. The van der Waals surface area contributed by atoms with Crippen molar-refractivity contribution in [2.24, 2.45) is 0 Å². The highest BCUT2D eigenvalue weighted by Crippen LogP contribution is 2.27. The predicted octanol–water partition coefficient (Wildman–Crippen LogP) is 3.46. The SMILES string of the molecule is O=C(CNC(=O)c1ccc(F)cc1)OCC(=O)N(c1ccccc1)C1CCCCC1. The van der Waals surface area contributed by atoms with E-state index in [2.05, 4.69) is 5.32 Å². The molecule has 2 aromatic carbocycles. The molecule has 0 heterocycles. The third-order valence-corrected chi connectivity index (χ3v) is 5.10. The van der Waals surface area contributed by atoms with Crippen molar-refractivity contribution in [2.75, 3.05) is 18.1 Å². The van der Waals surface area contributed by atoms with Crippen LogP contribution in [0, 0.1) is 5.82 Å². The second-order valence-electron chi connectivity index (χ2n) is 7.24. The smallest absolute Gasteiger partial charge is 0.325 e. The van der Waals surface area contributed by atoms with E-state index < -0.39 is 24.3 Å². The molecule has 158 valence electrons. The highest BCUT2D eigenvalue weighted by molar-refractivity contribution is 5.97. The van der Waals surface area contributed by atoms with E-state index in [1.54, 1.807) is 4.90 Å². The Labute approximate surface area is 175 Å². The van der Waals surface area contributed by atoms with E-state index in [-0.39, 0.29) is 24.1 Å². The van der Waals surface area contributed by atoms with Crippen LogP contribution in [0.2, 0.25) is 0 Å². The van der Waals surface area contributed by atoms with Crippen LogP contribution in [0.3, 0.4) is 0 Å². The van der Waals surface area contributed by atoms with Crippen LogP contribution in [0.25, 0.3) is 0 Å². The van der Waals surface area contributed by atoms with Crippen LogP contribution in [0.1, 0.15) is 42.5 Å². The number of anilines is 1. The third kappa shape index (κ3) is 5.89. The number of nitrogens with zero attached hydrogens (tertiary/aromatic N) is 1. The Morgan fingerprint density at radius 3 is 2.30 bits per heavy atom. The fraction of sp³-hybridized carbons (Fsp3) is 0.348.